The first-order valence-electron chi connectivity index (χ1n) is 12.0. The van der Waals surface area contributed by atoms with E-state index in [0.29, 0.717) is 24.9 Å². The van der Waals surface area contributed by atoms with Gasteiger partial charge in [0.2, 0.25) is 0 Å². The number of hydrogen-bond donors (Lipinski definition) is 5. The zero-order valence-electron chi connectivity index (χ0n) is 19.5. The highest BCUT2D eigenvalue weighted by atomic mass is 16.5. The maximum absolute atomic E-state index is 9.55. The first-order valence-corrected chi connectivity index (χ1v) is 12.0. The SMILES string of the molecule is O=C(O)C=CC(=O)O.OCCCCCCCCCCNc1ccc(OC2CCNCC2)cc1. The fourth-order valence-electron chi connectivity index (χ4n) is 3.43. The van der Waals surface area contributed by atoms with Crippen molar-refractivity contribution in [3.8, 4) is 5.75 Å². The summed E-state index contributed by atoms with van der Waals surface area (Å²) in [6.45, 7) is 3.51. The first kappa shape index (κ1) is 28.5. The molecule has 1 aliphatic heterocycles. The third kappa shape index (κ3) is 16.7. The minimum atomic E-state index is -1.26. The fraction of sp³-hybridized carbons (Fsp3) is 0.600. The monoisotopic (exact) mass is 464 g/mol. The standard InChI is InChI=1S/C21H36N2O2.C4H4O4/c24-18-8-6-4-2-1-3-5-7-15-23-19-9-11-20(12-10-19)25-21-13-16-22-17-14-21;5-3(6)1-2-4(7)8/h9-12,21-24H,1-8,13-18H2;1-2H,(H,5,6)(H,7,8). The molecule has 1 aromatic carbocycles. The number of benzene rings is 1. The predicted octanol–water partition coefficient (Wildman–Crippen LogP) is 4.05. The number of carbonyl (C=O) groups is 2. The van der Waals surface area contributed by atoms with Crippen LogP contribution in [-0.4, -0.2) is 59.6 Å². The van der Waals surface area contributed by atoms with Crippen LogP contribution in [0.2, 0.25) is 0 Å². The molecule has 0 atom stereocenters. The molecule has 1 aromatic rings. The van der Waals surface area contributed by atoms with Gasteiger partial charge in [0.25, 0.3) is 0 Å². The second-order valence-electron chi connectivity index (χ2n) is 8.08. The highest BCUT2D eigenvalue weighted by Crippen LogP contribution is 2.19. The lowest BCUT2D eigenvalue weighted by Gasteiger charge is -2.23. The maximum atomic E-state index is 9.55. The van der Waals surface area contributed by atoms with E-state index in [4.69, 9.17) is 20.1 Å². The summed E-state index contributed by atoms with van der Waals surface area (Å²) in [5, 5.41) is 31.2. The fourth-order valence-corrected chi connectivity index (χ4v) is 3.43. The second kappa shape index (κ2) is 18.9. The van der Waals surface area contributed by atoms with Gasteiger partial charge in [-0.1, -0.05) is 38.5 Å². The van der Waals surface area contributed by atoms with E-state index in [-0.39, 0.29) is 0 Å². The number of aliphatic carboxylic acids is 2. The molecule has 8 heteroatoms. The molecule has 1 fully saturated rings. The molecule has 0 radical (unpaired) electrons. The van der Waals surface area contributed by atoms with Gasteiger partial charge < -0.3 is 30.7 Å². The van der Waals surface area contributed by atoms with Gasteiger partial charge in [0.05, 0.1) is 0 Å². The Morgan fingerprint density at radius 2 is 1.39 bits per heavy atom. The van der Waals surface area contributed by atoms with Crippen molar-refractivity contribution in [3.63, 3.8) is 0 Å². The number of hydrogen-bond acceptors (Lipinski definition) is 6. The number of carboxylic acid groups (broad SMARTS) is 2. The van der Waals surface area contributed by atoms with E-state index >= 15 is 0 Å². The smallest absolute Gasteiger partial charge is 0.328 e. The molecule has 5 N–H and O–H groups in total. The van der Waals surface area contributed by atoms with E-state index in [1.807, 2.05) is 0 Å². The first-order chi connectivity index (χ1) is 16.0. The average Bonchev–Trinajstić information content (AvgIpc) is 2.81. The molecule has 1 saturated heterocycles. The van der Waals surface area contributed by atoms with Crippen molar-refractivity contribution in [2.75, 3.05) is 31.6 Å². The Labute approximate surface area is 197 Å². The number of rotatable bonds is 15. The van der Waals surface area contributed by atoms with Crippen molar-refractivity contribution in [2.45, 2.75) is 70.3 Å². The van der Waals surface area contributed by atoms with Crippen LogP contribution < -0.4 is 15.4 Å². The molecule has 0 bridgehead atoms. The molecule has 1 aliphatic rings. The Morgan fingerprint density at radius 3 is 1.91 bits per heavy atom. The van der Waals surface area contributed by atoms with Gasteiger partial charge in [-0.2, -0.15) is 0 Å². The Bertz CT molecular complexity index is 656. The summed E-state index contributed by atoms with van der Waals surface area (Å²) < 4.78 is 6.03. The highest BCUT2D eigenvalue weighted by Gasteiger charge is 2.14. The van der Waals surface area contributed by atoms with E-state index in [2.05, 4.69) is 34.9 Å². The normalized spacial score (nSPS) is 13.8. The van der Waals surface area contributed by atoms with Crippen LogP contribution in [0, 0.1) is 0 Å². The predicted molar refractivity (Wildman–Crippen MR) is 130 cm³/mol. The van der Waals surface area contributed by atoms with Crippen molar-refractivity contribution < 1.29 is 29.6 Å². The van der Waals surface area contributed by atoms with Gasteiger partial charge in [0.1, 0.15) is 11.9 Å². The van der Waals surface area contributed by atoms with Gasteiger partial charge in [-0.05, 0) is 63.0 Å². The van der Waals surface area contributed by atoms with Gasteiger partial charge >= 0.3 is 11.9 Å². The number of nitrogens with one attached hydrogen (secondary N) is 2. The van der Waals surface area contributed by atoms with Gasteiger partial charge in [-0.15, -0.1) is 0 Å². The van der Waals surface area contributed by atoms with Crippen LogP contribution in [0.3, 0.4) is 0 Å². The molecule has 2 rings (SSSR count). The van der Waals surface area contributed by atoms with Gasteiger partial charge in [0, 0.05) is 31.0 Å². The van der Waals surface area contributed by atoms with Crippen LogP contribution >= 0.6 is 0 Å². The number of aliphatic hydroxyl groups is 1. The van der Waals surface area contributed by atoms with E-state index in [1.165, 1.54) is 50.6 Å². The van der Waals surface area contributed by atoms with Crippen molar-refractivity contribution >= 4 is 17.6 Å². The third-order valence-electron chi connectivity index (χ3n) is 5.23. The van der Waals surface area contributed by atoms with E-state index in [0.717, 1.165) is 44.6 Å². The zero-order chi connectivity index (χ0) is 24.2. The molecule has 0 unspecified atom stereocenters. The molecular formula is C25H40N2O6. The van der Waals surface area contributed by atoms with Crippen LogP contribution in [0.15, 0.2) is 36.4 Å². The van der Waals surface area contributed by atoms with Crippen molar-refractivity contribution in [1.29, 1.82) is 0 Å². The molecule has 0 aliphatic carbocycles. The lowest BCUT2D eigenvalue weighted by Crippen LogP contribution is -2.34. The molecule has 0 amide bonds. The minimum Gasteiger partial charge on any atom is -0.490 e. The van der Waals surface area contributed by atoms with Crippen LogP contribution in [0.5, 0.6) is 5.75 Å². The van der Waals surface area contributed by atoms with E-state index in [9.17, 15) is 9.59 Å². The number of anilines is 1. The summed E-state index contributed by atoms with van der Waals surface area (Å²) in [4.78, 5) is 19.1. The zero-order valence-corrected chi connectivity index (χ0v) is 19.5. The molecule has 186 valence electrons. The minimum absolute atomic E-state index is 0.344. The van der Waals surface area contributed by atoms with Crippen LogP contribution in [-0.2, 0) is 9.59 Å². The summed E-state index contributed by atoms with van der Waals surface area (Å²) in [6, 6.07) is 8.41. The summed E-state index contributed by atoms with van der Waals surface area (Å²) in [5.74, 6) is -1.53. The van der Waals surface area contributed by atoms with Crippen LogP contribution in [0.4, 0.5) is 5.69 Å². The summed E-state index contributed by atoms with van der Waals surface area (Å²) in [7, 11) is 0. The van der Waals surface area contributed by atoms with Crippen LogP contribution in [0.1, 0.15) is 64.2 Å². The van der Waals surface area contributed by atoms with Crippen molar-refractivity contribution in [1.82, 2.24) is 5.32 Å². The lowest BCUT2D eigenvalue weighted by atomic mass is 10.1. The van der Waals surface area contributed by atoms with Gasteiger partial charge in [0.15, 0.2) is 0 Å². The molecule has 8 nitrogen and oxygen atoms in total. The third-order valence-corrected chi connectivity index (χ3v) is 5.23. The number of carboxylic acids is 2. The molecule has 0 spiro atoms. The average molecular weight is 465 g/mol. The quantitative estimate of drug-likeness (QED) is 0.194. The maximum Gasteiger partial charge on any atom is 0.328 e. The number of unbranched alkanes of at least 4 members (excludes halogenated alkanes) is 7. The summed E-state index contributed by atoms with van der Waals surface area (Å²) in [5.41, 5.74) is 1.18. The topological polar surface area (TPSA) is 128 Å². The van der Waals surface area contributed by atoms with Gasteiger partial charge in [-0.3, -0.25) is 0 Å². The number of aliphatic hydroxyl groups excluding tert-OH is 1. The molecule has 1 heterocycles. The Morgan fingerprint density at radius 1 is 0.879 bits per heavy atom. The number of ether oxygens (including phenoxy) is 1. The summed E-state index contributed by atoms with van der Waals surface area (Å²) >= 11 is 0. The largest absolute Gasteiger partial charge is 0.490 e. The highest BCUT2D eigenvalue weighted by molar-refractivity contribution is 5.89. The second-order valence-corrected chi connectivity index (χ2v) is 8.08. The van der Waals surface area contributed by atoms with Crippen molar-refractivity contribution in [2.24, 2.45) is 0 Å². The molecule has 33 heavy (non-hydrogen) atoms. The van der Waals surface area contributed by atoms with Crippen molar-refractivity contribution in [3.05, 3.63) is 36.4 Å². The van der Waals surface area contributed by atoms with Gasteiger partial charge in [-0.25, -0.2) is 9.59 Å². The lowest BCUT2D eigenvalue weighted by molar-refractivity contribution is -0.134. The number of piperidine rings is 1. The van der Waals surface area contributed by atoms with E-state index < -0.39 is 11.9 Å². The molecule has 0 aromatic heterocycles. The molecular weight excluding hydrogens is 424 g/mol. The Balaban J connectivity index is 0.000000582. The van der Waals surface area contributed by atoms with Crippen LogP contribution in [0.25, 0.3) is 0 Å². The summed E-state index contributed by atoms with van der Waals surface area (Å²) in [6.07, 6.45) is 13.6. The van der Waals surface area contributed by atoms with E-state index in [1.54, 1.807) is 0 Å². The molecule has 0 saturated carbocycles. The Kier molecular flexibility index (Phi) is 16.3. The Hall–Kier alpha value is -2.58.